The maximum atomic E-state index is 5.73. The molecule has 0 fully saturated rings. The Morgan fingerprint density at radius 2 is 2.00 bits per heavy atom. The van der Waals surface area contributed by atoms with Crippen molar-refractivity contribution in [3.8, 4) is 5.75 Å². The van der Waals surface area contributed by atoms with Crippen LogP contribution in [0, 0.1) is 0 Å². The van der Waals surface area contributed by atoms with Gasteiger partial charge in [-0.2, -0.15) is 0 Å². The van der Waals surface area contributed by atoms with Crippen LogP contribution >= 0.6 is 0 Å². The molecule has 1 nitrogen and oxygen atoms in total. The van der Waals surface area contributed by atoms with Crippen molar-refractivity contribution in [2.75, 3.05) is 6.61 Å². The van der Waals surface area contributed by atoms with Crippen LogP contribution in [0.1, 0.15) is 44.2 Å². The van der Waals surface area contributed by atoms with E-state index >= 15 is 0 Å². The molecule has 0 bridgehead atoms. The standard InChI is InChI=1S/C15H22O/c1-4-7-9-16-15-11-13(6-3)10-14(12-15)8-5-2/h6,10-12H,3-5,7-9H2,1-2H3. The van der Waals surface area contributed by atoms with Crippen LogP contribution in [0.2, 0.25) is 0 Å². The molecule has 0 N–H and O–H groups in total. The highest BCUT2D eigenvalue weighted by Crippen LogP contribution is 2.19. The molecular weight excluding hydrogens is 196 g/mol. The fourth-order valence-electron chi connectivity index (χ4n) is 1.65. The summed E-state index contributed by atoms with van der Waals surface area (Å²) in [5.74, 6) is 0.981. The van der Waals surface area contributed by atoms with Crippen molar-refractivity contribution in [3.63, 3.8) is 0 Å². The molecule has 0 atom stereocenters. The molecule has 1 aromatic rings. The van der Waals surface area contributed by atoms with E-state index in [4.69, 9.17) is 4.74 Å². The van der Waals surface area contributed by atoms with Gasteiger partial charge in [0, 0.05) is 0 Å². The number of aryl methyl sites for hydroxylation is 1. The predicted molar refractivity (Wildman–Crippen MR) is 70.9 cm³/mol. The number of hydrogen-bond donors (Lipinski definition) is 0. The zero-order valence-corrected chi connectivity index (χ0v) is 10.5. The van der Waals surface area contributed by atoms with E-state index in [1.165, 1.54) is 12.0 Å². The number of ether oxygens (including phenoxy) is 1. The first-order valence-electron chi connectivity index (χ1n) is 6.19. The van der Waals surface area contributed by atoms with Crippen LogP contribution in [0.5, 0.6) is 5.75 Å². The van der Waals surface area contributed by atoms with E-state index in [1.54, 1.807) is 0 Å². The Morgan fingerprint density at radius 1 is 1.19 bits per heavy atom. The summed E-state index contributed by atoms with van der Waals surface area (Å²) < 4.78 is 5.73. The minimum atomic E-state index is 0.808. The molecule has 0 spiro atoms. The number of unbranched alkanes of at least 4 members (excludes halogenated alkanes) is 1. The molecule has 16 heavy (non-hydrogen) atoms. The van der Waals surface area contributed by atoms with Crippen molar-refractivity contribution in [2.24, 2.45) is 0 Å². The van der Waals surface area contributed by atoms with Gasteiger partial charge in [0.15, 0.2) is 0 Å². The Bertz CT molecular complexity index is 328. The monoisotopic (exact) mass is 218 g/mol. The van der Waals surface area contributed by atoms with E-state index in [0.29, 0.717) is 0 Å². The van der Waals surface area contributed by atoms with Gasteiger partial charge < -0.3 is 4.74 Å². The van der Waals surface area contributed by atoms with E-state index in [0.717, 1.165) is 37.2 Å². The molecule has 0 saturated heterocycles. The Labute approximate surface area is 99.1 Å². The smallest absolute Gasteiger partial charge is 0.120 e. The molecule has 0 aliphatic rings. The summed E-state index contributed by atoms with van der Waals surface area (Å²) in [6.07, 6.45) is 6.43. The summed E-state index contributed by atoms with van der Waals surface area (Å²) in [6, 6.07) is 6.39. The highest BCUT2D eigenvalue weighted by Gasteiger charge is 2.00. The topological polar surface area (TPSA) is 9.23 Å². The number of hydrogen-bond acceptors (Lipinski definition) is 1. The second kappa shape index (κ2) is 7.10. The van der Waals surface area contributed by atoms with Crippen molar-refractivity contribution in [1.82, 2.24) is 0 Å². The predicted octanol–water partition coefficient (Wildman–Crippen LogP) is 4.46. The first-order valence-corrected chi connectivity index (χ1v) is 6.19. The molecule has 1 rings (SSSR count). The first-order chi connectivity index (χ1) is 7.80. The van der Waals surface area contributed by atoms with E-state index in [1.807, 2.05) is 6.08 Å². The van der Waals surface area contributed by atoms with Gasteiger partial charge in [-0.1, -0.05) is 45.4 Å². The molecule has 0 unspecified atom stereocenters. The summed E-state index contributed by atoms with van der Waals surface area (Å²) >= 11 is 0. The number of rotatable bonds is 7. The SMILES string of the molecule is C=Cc1cc(CCC)cc(OCCCC)c1. The van der Waals surface area contributed by atoms with E-state index in [9.17, 15) is 0 Å². The van der Waals surface area contributed by atoms with Crippen LogP contribution in [0.15, 0.2) is 24.8 Å². The average molecular weight is 218 g/mol. The largest absolute Gasteiger partial charge is 0.494 e. The Morgan fingerprint density at radius 3 is 2.62 bits per heavy atom. The van der Waals surface area contributed by atoms with Gasteiger partial charge in [-0.15, -0.1) is 0 Å². The molecule has 0 aliphatic heterocycles. The summed E-state index contributed by atoms with van der Waals surface area (Å²) in [6.45, 7) is 8.99. The van der Waals surface area contributed by atoms with Crippen LogP contribution in [0.3, 0.4) is 0 Å². The van der Waals surface area contributed by atoms with Crippen LogP contribution in [-0.2, 0) is 6.42 Å². The Hall–Kier alpha value is -1.24. The lowest BCUT2D eigenvalue weighted by atomic mass is 10.1. The molecule has 88 valence electrons. The first kappa shape index (κ1) is 12.8. The third-order valence-corrected chi connectivity index (χ3v) is 2.53. The molecule has 0 saturated carbocycles. The molecule has 1 aromatic carbocycles. The lowest BCUT2D eigenvalue weighted by Crippen LogP contribution is -1.97. The lowest BCUT2D eigenvalue weighted by molar-refractivity contribution is 0.309. The van der Waals surface area contributed by atoms with Crippen molar-refractivity contribution in [1.29, 1.82) is 0 Å². The van der Waals surface area contributed by atoms with E-state index < -0.39 is 0 Å². The van der Waals surface area contributed by atoms with Gasteiger partial charge in [-0.05, 0) is 36.1 Å². The van der Waals surface area contributed by atoms with Gasteiger partial charge in [0.1, 0.15) is 5.75 Å². The van der Waals surface area contributed by atoms with Gasteiger partial charge in [-0.3, -0.25) is 0 Å². The highest BCUT2D eigenvalue weighted by molar-refractivity contribution is 5.51. The van der Waals surface area contributed by atoms with Crippen molar-refractivity contribution in [3.05, 3.63) is 35.9 Å². The quantitative estimate of drug-likeness (QED) is 0.614. The molecular formula is C15H22O. The molecule has 0 amide bonds. The van der Waals surface area contributed by atoms with Gasteiger partial charge >= 0.3 is 0 Å². The Kier molecular flexibility index (Phi) is 5.69. The second-order valence-corrected chi connectivity index (χ2v) is 4.07. The summed E-state index contributed by atoms with van der Waals surface area (Å²) in [4.78, 5) is 0. The van der Waals surface area contributed by atoms with Gasteiger partial charge in [0.2, 0.25) is 0 Å². The lowest BCUT2D eigenvalue weighted by Gasteiger charge is -2.09. The Balaban J connectivity index is 2.73. The summed E-state index contributed by atoms with van der Waals surface area (Å²) in [5.41, 5.74) is 2.49. The molecule has 1 heteroatoms. The zero-order chi connectivity index (χ0) is 11.8. The molecule has 0 heterocycles. The van der Waals surface area contributed by atoms with Crippen molar-refractivity contribution in [2.45, 2.75) is 39.5 Å². The van der Waals surface area contributed by atoms with Gasteiger partial charge in [-0.25, -0.2) is 0 Å². The number of benzene rings is 1. The van der Waals surface area contributed by atoms with Crippen LogP contribution < -0.4 is 4.74 Å². The van der Waals surface area contributed by atoms with Crippen LogP contribution in [-0.4, -0.2) is 6.61 Å². The summed E-state index contributed by atoms with van der Waals surface area (Å²) in [7, 11) is 0. The van der Waals surface area contributed by atoms with Crippen LogP contribution in [0.4, 0.5) is 0 Å². The van der Waals surface area contributed by atoms with Gasteiger partial charge in [0.05, 0.1) is 6.61 Å². The van der Waals surface area contributed by atoms with E-state index in [-0.39, 0.29) is 0 Å². The maximum absolute atomic E-state index is 5.73. The molecule has 0 aromatic heterocycles. The zero-order valence-electron chi connectivity index (χ0n) is 10.5. The third-order valence-electron chi connectivity index (χ3n) is 2.53. The average Bonchev–Trinajstić information content (AvgIpc) is 2.29. The van der Waals surface area contributed by atoms with Gasteiger partial charge in [0.25, 0.3) is 0 Å². The summed E-state index contributed by atoms with van der Waals surface area (Å²) in [5, 5.41) is 0. The van der Waals surface area contributed by atoms with Crippen molar-refractivity contribution < 1.29 is 4.74 Å². The fraction of sp³-hybridized carbons (Fsp3) is 0.467. The van der Waals surface area contributed by atoms with Crippen LogP contribution in [0.25, 0.3) is 6.08 Å². The molecule has 0 aliphatic carbocycles. The third kappa shape index (κ3) is 4.09. The maximum Gasteiger partial charge on any atom is 0.120 e. The van der Waals surface area contributed by atoms with E-state index in [2.05, 4.69) is 38.6 Å². The normalized spacial score (nSPS) is 10.1. The second-order valence-electron chi connectivity index (χ2n) is 4.07. The fourth-order valence-corrected chi connectivity index (χ4v) is 1.65. The molecule has 0 radical (unpaired) electrons. The minimum absolute atomic E-state index is 0.808. The highest BCUT2D eigenvalue weighted by atomic mass is 16.5. The minimum Gasteiger partial charge on any atom is -0.494 e. The van der Waals surface area contributed by atoms with Crippen molar-refractivity contribution >= 4 is 6.08 Å².